The van der Waals surface area contributed by atoms with Crippen molar-refractivity contribution >= 4 is 17.9 Å². The Balaban J connectivity index is 2.31. The van der Waals surface area contributed by atoms with E-state index in [-0.39, 0.29) is 24.4 Å². The van der Waals surface area contributed by atoms with E-state index in [9.17, 15) is 19.5 Å². The number of nitrogens with one attached hydrogen (secondary N) is 3. The largest absolute Gasteiger partial charge is 0.507 e. The minimum atomic E-state index is -0.774. The van der Waals surface area contributed by atoms with Crippen molar-refractivity contribution in [2.45, 2.75) is 39.3 Å². The van der Waals surface area contributed by atoms with Crippen LogP contribution in [0.1, 0.15) is 38.1 Å². The molecule has 0 saturated heterocycles. The molecule has 0 heterocycles. The van der Waals surface area contributed by atoms with Crippen LogP contribution >= 0.6 is 0 Å². The molecule has 25 heavy (non-hydrogen) atoms. The number of hydrogen-bond acceptors (Lipinski definition) is 5. The van der Waals surface area contributed by atoms with E-state index >= 15 is 0 Å². The number of benzene rings is 1. The first kappa shape index (κ1) is 20.3. The van der Waals surface area contributed by atoms with Crippen LogP contribution in [0.4, 0.5) is 4.79 Å². The summed E-state index contributed by atoms with van der Waals surface area (Å²) >= 11 is 0. The number of carbonyl (C=O) groups is 3. The third-order valence-electron chi connectivity index (χ3n) is 2.98. The van der Waals surface area contributed by atoms with E-state index in [4.69, 9.17) is 4.74 Å². The van der Waals surface area contributed by atoms with Crippen LogP contribution in [-0.2, 0) is 9.53 Å². The molecule has 0 aromatic heterocycles. The first-order chi connectivity index (χ1) is 11.6. The standard InChI is InChI=1S/C17H25N3O5/c1-11(20-16(24)25-17(2,3)4)14(22)18-9-10-19-15(23)12-7-5-6-8-13(12)21/h5-8,11,21H,9-10H2,1-4H3,(H,18,22)(H,19,23)(H,20,24)/t11-/m0/s1. The molecule has 0 unspecified atom stereocenters. The van der Waals surface area contributed by atoms with Crippen LogP contribution in [0.25, 0.3) is 0 Å². The summed E-state index contributed by atoms with van der Waals surface area (Å²) in [6.45, 7) is 7.07. The Labute approximate surface area is 146 Å². The average Bonchev–Trinajstić information content (AvgIpc) is 2.49. The van der Waals surface area contributed by atoms with Gasteiger partial charge in [-0.05, 0) is 39.8 Å². The Hall–Kier alpha value is -2.77. The fraction of sp³-hybridized carbons (Fsp3) is 0.471. The molecule has 4 N–H and O–H groups in total. The van der Waals surface area contributed by atoms with Crippen molar-refractivity contribution in [2.75, 3.05) is 13.1 Å². The number of hydrogen-bond donors (Lipinski definition) is 4. The van der Waals surface area contributed by atoms with Crippen LogP contribution in [0.15, 0.2) is 24.3 Å². The quantitative estimate of drug-likeness (QED) is 0.574. The van der Waals surface area contributed by atoms with Gasteiger partial charge in [-0.1, -0.05) is 12.1 Å². The highest BCUT2D eigenvalue weighted by Crippen LogP contribution is 2.14. The molecule has 0 bridgehead atoms. The lowest BCUT2D eigenvalue weighted by Crippen LogP contribution is -2.47. The van der Waals surface area contributed by atoms with Crippen LogP contribution in [0.5, 0.6) is 5.75 Å². The van der Waals surface area contributed by atoms with Gasteiger partial charge in [-0.3, -0.25) is 9.59 Å². The number of para-hydroxylation sites is 1. The Bertz CT molecular complexity index is 625. The molecule has 138 valence electrons. The van der Waals surface area contributed by atoms with Crippen molar-refractivity contribution in [1.82, 2.24) is 16.0 Å². The van der Waals surface area contributed by atoms with E-state index in [1.54, 1.807) is 32.9 Å². The van der Waals surface area contributed by atoms with Gasteiger partial charge in [-0.25, -0.2) is 4.79 Å². The third kappa shape index (κ3) is 7.56. The molecule has 8 nitrogen and oxygen atoms in total. The third-order valence-corrected chi connectivity index (χ3v) is 2.98. The molecule has 1 aromatic carbocycles. The van der Waals surface area contributed by atoms with Gasteiger partial charge in [0.15, 0.2) is 0 Å². The van der Waals surface area contributed by atoms with E-state index in [0.29, 0.717) is 0 Å². The second-order valence-electron chi connectivity index (χ2n) is 6.43. The highest BCUT2D eigenvalue weighted by atomic mass is 16.6. The fourth-order valence-corrected chi connectivity index (χ4v) is 1.83. The second-order valence-corrected chi connectivity index (χ2v) is 6.43. The molecule has 3 amide bonds. The van der Waals surface area contributed by atoms with Gasteiger partial charge in [0.2, 0.25) is 5.91 Å². The zero-order chi connectivity index (χ0) is 19.0. The monoisotopic (exact) mass is 351 g/mol. The van der Waals surface area contributed by atoms with Gasteiger partial charge in [-0.15, -0.1) is 0 Å². The topological polar surface area (TPSA) is 117 Å². The van der Waals surface area contributed by atoms with Gasteiger partial charge < -0.3 is 25.8 Å². The van der Waals surface area contributed by atoms with Gasteiger partial charge >= 0.3 is 6.09 Å². The minimum absolute atomic E-state index is 0.112. The van der Waals surface area contributed by atoms with Crippen molar-refractivity contribution in [3.05, 3.63) is 29.8 Å². The van der Waals surface area contributed by atoms with Crippen molar-refractivity contribution in [3.8, 4) is 5.75 Å². The molecule has 0 radical (unpaired) electrons. The highest BCUT2D eigenvalue weighted by Gasteiger charge is 2.20. The number of amides is 3. The highest BCUT2D eigenvalue weighted by molar-refractivity contribution is 5.96. The Morgan fingerprint density at radius 1 is 1.12 bits per heavy atom. The number of rotatable bonds is 6. The lowest BCUT2D eigenvalue weighted by atomic mass is 10.2. The van der Waals surface area contributed by atoms with E-state index in [1.807, 2.05) is 0 Å². The van der Waals surface area contributed by atoms with Gasteiger partial charge in [0.1, 0.15) is 17.4 Å². The molecule has 8 heteroatoms. The molecule has 1 atom stereocenters. The number of alkyl carbamates (subject to hydrolysis) is 1. The fourth-order valence-electron chi connectivity index (χ4n) is 1.83. The first-order valence-corrected chi connectivity index (χ1v) is 7.93. The van der Waals surface area contributed by atoms with Crippen LogP contribution in [0.3, 0.4) is 0 Å². The summed E-state index contributed by atoms with van der Waals surface area (Å²) in [6.07, 6.45) is -0.678. The van der Waals surface area contributed by atoms with Gasteiger partial charge in [0, 0.05) is 13.1 Å². The summed E-state index contributed by atoms with van der Waals surface area (Å²) in [6, 6.07) is 5.39. The molecule has 0 saturated carbocycles. The summed E-state index contributed by atoms with van der Waals surface area (Å²) in [4.78, 5) is 35.3. The number of ether oxygens (including phenoxy) is 1. The summed E-state index contributed by atoms with van der Waals surface area (Å²) in [5, 5.41) is 17.2. The molecule has 1 rings (SSSR count). The molecule has 0 aliphatic carbocycles. The van der Waals surface area contributed by atoms with Crippen molar-refractivity contribution < 1.29 is 24.2 Å². The van der Waals surface area contributed by atoms with Crippen molar-refractivity contribution in [3.63, 3.8) is 0 Å². The van der Waals surface area contributed by atoms with E-state index in [2.05, 4.69) is 16.0 Å². The zero-order valence-electron chi connectivity index (χ0n) is 14.9. The van der Waals surface area contributed by atoms with Crippen LogP contribution < -0.4 is 16.0 Å². The lowest BCUT2D eigenvalue weighted by Gasteiger charge is -2.21. The summed E-state index contributed by atoms with van der Waals surface area (Å²) in [7, 11) is 0. The van der Waals surface area contributed by atoms with Crippen molar-refractivity contribution in [1.29, 1.82) is 0 Å². The Morgan fingerprint density at radius 3 is 2.32 bits per heavy atom. The minimum Gasteiger partial charge on any atom is -0.507 e. The van der Waals surface area contributed by atoms with Gasteiger partial charge in [0.25, 0.3) is 5.91 Å². The van der Waals surface area contributed by atoms with E-state index < -0.39 is 29.6 Å². The lowest BCUT2D eigenvalue weighted by molar-refractivity contribution is -0.122. The molecule has 0 fully saturated rings. The van der Waals surface area contributed by atoms with Gasteiger partial charge in [-0.2, -0.15) is 0 Å². The van der Waals surface area contributed by atoms with Crippen LogP contribution in [0, 0.1) is 0 Å². The molecule has 1 aromatic rings. The maximum Gasteiger partial charge on any atom is 0.408 e. The number of carbonyl (C=O) groups excluding carboxylic acids is 3. The predicted octanol–water partition coefficient (Wildman–Crippen LogP) is 1.15. The summed E-state index contributed by atoms with van der Waals surface area (Å²) in [5.41, 5.74) is -0.484. The SMILES string of the molecule is C[C@H](NC(=O)OC(C)(C)C)C(=O)NCCNC(=O)c1ccccc1O. The number of phenolic OH excluding ortho intramolecular Hbond substituents is 1. The van der Waals surface area contributed by atoms with E-state index in [1.165, 1.54) is 19.1 Å². The summed E-state index contributed by atoms with van der Waals surface area (Å²) < 4.78 is 5.07. The Morgan fingerprint density at radius 2 is 1.72 bits per heavy atom. The number of aromatic hydroxyl groups is 1. The van der Waals surface area contributed by atoms with Crippen LogP contribution in [0.2, 0.25) is 0 Å². The normalized spacial score (nSPS) is 12.0. The van der Waals surface area contributed by atoms with Crippen molar-refractivity contribution in [2.24, 2.45) is 0 Å². The second kappa shape index (κ2) is 8.91. The molecule has 0 spiro atoms. The zero-order valence-corrected chi connectivity index (χ0v) is 14.9. The van der Waals surface area contributed by atoms with Crippen LogP contribution in [-0.4, -0.2) is 47.7 Å². The predicted molar refractivity (Wildman–Crippen MR) is 92.3 cm³/mol. The van der Waals surface area contributed by atoms with Gasteiger partial charge in [0.05, 0.1) is 5.56 Å². The summed E-state index contributed by atoms with van der Waals surface area (Å²) in [5.74, 6) is -0.950. The molecular weight excluding hydrogens is 326 g/mol. The maximum absolute atomic E-state index is 11.9. The molecule has 0 aliphatic rings. The number of phenols is 1. The first-order valence-electron chi connectivity index (χ1n) is 7.93. The molecule has 0 aliphatic heterocycles. The average molecular weight is 351 g/mol. The van der Waals surface area contributed by atoms with E-state index in [0.717, 1.165) is 0 Å². The molecular formula is C17H25N3O5. The maximum atomic E-state index is 11.9. The Kier molecular flexibility index (Phi) is 7.22. The smallest absolute Gasteiger partial charge is 0.408 e.